The Kier molecular flexibility index (Phi) is 5.81. The van der Waals surface area contributed by atoms with E-state index in [4.69, 9.17) is 0 Å². The van der Waals surface area contributed by atoms with Crippen LogP contribution in [0.15, 0.2) is 28.2 Å². The molecule has 0 aliphatic heterocycles. The molecule has 2 aromatic rings. The molecule has 5 heteroatoms. The lowest BCUT2D eigenvalue weighted by Crippen LogP contribution is -2.22. The Morgan fingerprint density at radius 1 is 1.45 bits per heavy atom. The Morgan fingerprint density at radius 3 is 2.85 bits per heavy atom. The van der Waals surface area contributed by atoms with Gasteiger partial charge in [-0.25, -0.2) is 0 Å². The first-order valence-corrected chi connectivity index (χ1v) is 8.73. The number of rotatable bonds is 7. The molecule has 0 aliphatic rings. The number of hydrogen-bond acceptors (Lipinski definition) is 3. The van der Waals surface area contributed by atoms with Crippen LogP contribution in [0.1, 0.15) is 49.3 Å². The highest BCUT2D eigenvalue weighted by molar-refractivity contribution is 9.10. The van der Waals surface area contributed by atoms with Gasteiger partial charge in [-0.2, -0.15) is 5.10 Å². The lowest BCUT2D eigenvalue weighted by atomic mass is 10.1. The van der Waals surface area contributed by atoms with Gasteiger partial charge in [-0.1, -0.05) is 6.07 Å². The van der Waals surface area contributed by atoms with Crippen LogP contribution in [-0.2, 0) is 6.42 Å². The number of nitrogens with zero attached hydrogens (tertiary/aromatic N) is 2. The van der Waals surface area contributed by atoms with Gasteiger partial charge in [-0.3, -0.25) is 4.68 Å². The molecule has 0 aromatic carbocycles. The maximum atomic E-state index is 4.47. The summed E-state index contributed by atoms with van der Waals surface area (Å²) in [5.74, 6) is 0. The van der Waals surface area contributed by atoms with Gasteiger partial charge in [0.1, 0.15) is 0 Å². The highest BCUT2D eigenvalue weighted by atomic mass is 79.9. The fourth-order valence-corrected chi connectivity index (χ4v) is 3.74. The maximum absolute atomic E-state index is 4.47. The molecule has 2 rings (SSSR count). The molecule has 3 nitrogen and oxygen atoms in total. The van der Waals surface area contributed by atoms with Crippen molar-refractivity contribution in [3.05, 3.63) is 38.8 Å². The molecule has 0 amide bonds. The summed E-state index contributed by atoms with van der Waals surface area (Å²) in [6.45, 7) is 4.34. The molecule has 0 fully saturated rings. The van der Waals surface area contributed by atoms with E-state index >= 15 is 0 Å². The van der Waals surface area contributed by atoms with E-state index in [-0.39, 0.29) is 0 Å². The molecule has 1 N–H and O–H groups in total. The summed E-state index contributed by atoms with van der Waals surface area (Å²) in [6.07, 6.45) is 5.36. The molecule has 2 heterocycles. The van der Waals surface area contributed by atoms with Crippen LogP contribution < -0.4 is 5.32 Å². The van der Waals surface area contributed by atoms with Crippen molar-refractivity contribution in [1.82, 2.24) is 15.1 Å². The summed E-state index contributed by atoms with van der Waals surface area (Å²) >= 11 is 5.48. The Morgan fingerprint density at radius 2 is 2.25 bits per heavy atom. The van der Waals surface area contributed by atoms with Gasteiger partial charge in [-0.15, -0.1) is 11.3 Å². The molecule has 1 unspecified atom stereocenters. The molecule has 0 bridgehead atoms. The number of hydrogen-bond donors (Lipinski definition) is 1. The van der Waals surface area contributed by atoms with Gasteiger partial charge in [0, 0.05) is 10.9 Å². The third-order valence-corrected chi connectivity index (χ3v) is 5.00. The Hall–Kier alpha value is -0.650. The molecule has 0 aliphatic carbocycles. The third-order valence-electron chi connectivity index (χ3n) is 3.45. The Bertz CT molecular complexity index is 519. The minimum absolute atomic E-state index is 0.342. The summed E-state index contributed by atoms with van der Waals surface area (Å²) in [6, 6.07) is 5.06. The van der Waals surface area contributed by atoms with Crippen LogP contribution in [-0.4, -0.2) is 16.8 Å². The number of thiophene rings is 1. The van der Waals surface area contributed by atoms with Gasteiger partial charge in [-0.05, 0) is 67.5 Å². The third kappa shape index (κ3) is 3.71. The molecular formula is C15H22BrN3S. The smallest absolute Gasteiger partial charge is 0.0698 e. The number of aromatic nitrogens is 2. The van der Waals surface area contributed by atoms with Crippen molar-refractivity contribution in [2.75, 3.05) is 7.05 Å². The zero-order chi connectivity index (χ0) is 14.5. The first-order valence-electron chi connectivity index (χ1n) is 7.06. The molecule has 0 saturated carbocycles. The van der Waals surface area contributed by atoms with E-state index in [2.05, 4.69) is 62.4 Å². The second kappa shape index (κ2) is 7.38. The van der Waals surface area contributed by atoms with Crippen molar-refractivity contribution in [3.8, 4) is 0 Å². The maximum Gasteiger partial charge on any atom is 0.0698 e. The summed E-state index contributed by atoms with van der Waals surface area (Å²) in [7, 11) is 2.03. The minimum atomic E-state index is 0.342. The fourth-order valence-electron chi connectivity index (χ4n) is 2.44. The summed E-state index contributed by atoms with van der Waals surface area (Å²) in [4.78, 5) is 1.47. The monoisotopic (exact) mass is 355 g/mol. The van der Waals surface area contributed by atoms with Crippen LogP contribution >= 0.6 is 27.3 Å². The zero-order valence-electron chi connectivity index (χ0n) is 12.3. The van der Waals surface area contributed by atoms with E-state index < -0.39 is 0 Å². The first-order chi connectivity index (χ1) is 9.63. The fraction of sp³-hybridized carbons (Fsp3) is 0.533. The van der Waals surface area contributed by atoms with Gasteiger partial charge < -0.3 is 5.32 Å². The lowest BCUT2D eigenvalue weighted by Gasteiger charge is -2.20. The van der Waals surface area contributed by atoms with Crippen molar-refractivity contribution in [3.63, 3.8) is 0 Å². The first kappa shape index (κ1) is 15.7. The van der Waals surface area contributed by atoms with Crippen molar-refractivity contribution in [2.45, 2.75) is 45.2 Å². The summed E-state index contributed by atoms with van der Waals surface area (Å²) < 4.78 is 3.21. The van der Waals surface area contributed by atoms with Gasteiger partial charge in [0.2, 0.25) is 0 Å². The molecule has 1 atom stereocenters. The van der Waals surface area contributed by atoms with Gasteiger partial charge in [0.15, 0.2) is 0 Å². The SMILES string of the molecule is CNC(CCCc1cccs1)c1c(Br)cnn1C(C)C. The quantitative estimate of drug-likeness (QED) is 0.788. The summed E-state index contributed by atoms with van der Waals surface area (Å²) in [5.41, 5.74) is 1.26. The van der Waals surface area contributed by atoms with E-state index in [1.54, 1.807) is 0 Å². The van der Waals surface area contributed by atoms with Crippen molar-refractivity contribution >= 4 is 27.3 Å². The number of aryl methyl sites for hydroxylation is 1. The van der Waals surface area contributed by atoms with Gasteiger partial charge >= 0.3 is 0 Å². The van der Waals surface area contributed by atoms with E-state index in [1.165, 1.54) is 17.0 Å². The summed E-state index contributed by atoms with van der Waals surface area (Å²) in [5, 5.41) is 10.1. The lowest BCUT2D eigenvalue weighted by molar-refractivity contribution is 0.439. The Balaban J connectivity index is 2.02. The molecule has 0 spiro atoms. The van der Waals surface area contributed by atoms with Crippen LogP contribution in [0.4, 0.5) is 0 Å². The van der Waals surface area contributed by atoms with E-state index in [0.717, 1.165) is 17.3 Å². The normalized spacial score (nSPS) is 13.1. The Labute approximate surface area is 133 Å². The van der Waals surface area contributed by atoms with Crippen LogP contribution in [0.5, 0.6) is 0 Å². The molecule has 2 aromatic heterocycles. The minimum Gasteiger partial charge on any atom is -0.312 e. The van der Waals surface area contributed by atoms with E-state index in [1.807, 2.05) is 24.6 Å². The predicted molar refractivity (Wildman–Crippen MR) is 89.4 cm³/mol. The van der Waals surface area contributed by atoms with Crippen molar-refractivity contribution in [1.29, 1.82) is 0 Å². The number of nitrogens with one attached hydrogen (secondary N) is 1. The van der Waals surface area contributed by atoms with Crippen molar-refractivity contribution in [2.24, 2.45) is 0 Å². The number of halogens is 1. The zero-order valence-corrected chi connectivity index (χ0v) is 14.7. The molecule has 0 saturated heterocycles. The molecule has 0 radical (unpaired) electrons. The topological polar surface area (TPSA) is 29.9 Å². The highest BCUT2D eigenvalue weighted by Gasteiger charge is 2.19. The average Bonchev–Trinajstić information content (AvgIpc) is 3.04. The van der Waals surface area contributed by atoms with Crippen LogP contribution in [0.3, 0.4) is 0 Å². The van der Waals surface area contributed by atoms with Crippen LogP contribution in [0.25, 0.3) is 0 Å². The molecular weight excluding hydrogens is 334 g/mol. The predicted octanol–water partition coefficient (Wildman–Crippen LogP) is 4.57. The van der Waals surface area contributed by atoms with Crippen LogP contribution in [0.2, 0.25) is 0 Å². The van der Waals surface area contributed by atoms with E-state index in [9.17, 15) is 0 Å². The second-order valence-corrected chi connectivity index (χ2v) is 7.12. The average molecular weight is 356 g/mol. The molecule has 20 heavy (non-hydrogen) atoms. The van der Waals surface area contributed by atoms with Crippen molar-refractivity contribution < 1.29 is 0 Å². The van der Waals surface area contributed by atoms with Crippen LogP contribution in [0, 0.1) is 0 Å². The van der Waals surface area contributed by atoms with Gasteiger partial charge in [0.05, 0.1) is 22.4 Å². The van der Waals surface area contributed by atoms with E-state index in [0.29, 0.717) is 12.1 Å². The largest absolute Gasteiger partial charge is 0.312 e. The highest BCUT2D eigenvalue weighted by Crippen LogP contribution is 2.29. The second-order valence-electron chi connectivity index (χ2n) is 5.23. The molecule has 110 valence electrons. The standard InChI is InChI=1S/C15H22BrN3S/c1-11(2)19-15(13(16)10-18-19)14(17-3)8-4-6-12-7-5-9-20-12/h5,7,9-11,14,17H,4,6,8H2,1-3H3. The van der Waals surface area contributed by atoms with Gasteiger partial charge in [0.25, 0.3) is 0 Å².